The SMILES string of the molecule is CN=C(NCc1cccc(NC(=O)N2CCCC2)c1)N1CCN(c2ccccn2)CC1.I. The Morgan fingerprint density at radius 2 is 1.78 bits per heavy atom. The van der Waals surface area contributed by atoms with Crippen LogP contribution in [0.3, 0.4) is 0 Å². The second kappa shape index (κ2) is 11.9. The largest absolute Gasteiger partial charge is 0.353 e. The van der Waals surface area contributed by atoms with Crippen molar-refractivity contribution in [1.82, 2.24) is 20.1 Å². The first-order chi connectivity index (χ1) is 15.2. The molecule has 0 atom stereocenters. The van der Waals surface area contributed by atoms with Crippen molar-refractivity contribution in [3.8, 4) is 0 Å². The van der Waals surface area contributed by atoms with Crippen LogP contribution in [0, 0.1) is 0 Å². The van der Waals surface area contributed by atoms with Gasteiger partial charge in [0.1, 0.15) is 5.82 Å². The zero-order valence-corrected chi connectivity index (χ0v) is 20.9. The molecule has 32 heavy (non-hydrogen) atoms. The fourth-order valence-corrected chi connectivity index (χ4v) is 4.08. The van der Waals surface area contributed by atoms with Crippen molar-refractivity contribution < 1.29 is 4.79 Å². The van der Waals surface area contributed by atoms with E-state index < -0.39 is 0 Å². The molecule has 3 heterocycles. The van der Waals surface area contributed by atoms with Crippen LogP contribution in [0.4, 0.5) is 16.3 Å². The lowest BCUT2D eigenvalue weighted by atomic mass is 10.2. The summed E-state index contributed by atoms with van der Waals surface area (Å²) < 4.78 is 0. The first-order valence-corrected chi connectivity index (χ1v) is 11.0. The smallest absolute Gasteiger partial charge is 0.321 e. The van der Waals surface area contributed by atoms with Gasteiger partial charge < -0.3 is 25.3 Å². The van der Waals surface area contributed by atoms with E-state index in [-0.39, 0.29) is 30.0 Å². The molecule has 2 aliphatic heterocycles. The number of carbonyl (C=O) groups is 1. The number of nitrogens with zero attached hydrogens (tertiary/aromatic N) is 5. The molecule has 0 bridgehead atoms. The van der Waals surface area contributed by atoms with Gasteiger partial charge in [-0.3, -0.25) is 4.99 Å². The maximum Gasteiger partial charge on any atom is 0.321 e. The van der Waals surface area contributed by atoms with Crippen molar-refractivity contribution in [2.75, 3.05) is 56.5 Å². The van der Waals surface area contributed by atoms with Gasteiger partial charge in [0.2, 0.25) is 0 Å². The number of hydrogen-bond donors (Lipinski definition) is 2. The second-order valence-corrected chi connectivity index (χ2v) is 7.89. The van der Waals surface area contributed by atoms with Gasteiger partial charge in [-0.25, -0.2) is 9.78 Å². The minimum atomic E-state index is -0.0100. The third kappa shape index (κ3) is 6.24. The number of likely N-dealkylation sites (tertiary alicyclic amines) is 1. The number of halogens is 1. The molecule has 8 nitrogen and oxygen atoms in total. The monoisotopic (exact) mass is 549 g/mol. The molecule has 0 spiro atoms. The Morgan fingerprint density at radius 3 is 2.47 bits per heavy atom. The Labute approximate surface area is 207 Å². The second-order valence-electron chi connectivity index (χ2n) is 7.89. The van der Waals surface area contributed by atoms with E-state index in [9.17, 15) is 4.79 Å². The summed E-state index contributed by atoms with van der Waals surface area (Å²) in [6.07, 6.45) is 4.02. The molecule has 9 heteroatoms. The van der Waals surface area contributed by atoms with E-state index in [0.29, 0.717) is 6.54 Å². The highest BCUT2D eigenvalue weighted by molar-refractivity contribution is 14.0. The van der Waals surface area contributed by atoms with Crippen LogP contribution in [0.2, 0.25) is 0 Å². The van der Waals surface area contributed by atoms with Crippen molar-refractivity contribution in [1.29, 1.82) is 0 Å². The minimum Gasteiger partial charge on any atom is -0.353 e. The zero-order chi connectivity index (χ0) is 21.5. The molecule has 0 unspecified atom stereocenters. The van der Waals surface area contributed by atoms with Crippen LogP contribution in [0.15, 0.2) is 53.7 Å². The average molecular weight is 549 g/mol. The highest BCUT2D eigenvalue weighted by atomic mass is 127. The third-order valence-electron chi connectivity index (χ3n) is 5.79. The fourth-order valence-electron chi connectivity index (χ4n) is 4.08. The maximum absolute atomic E-state index is 12.3. The molecule has 2 fully saturated rings. The number of amides is 2. The summed E-state index contributed by atoms with van der Waals surface area (Å²) in [7, 11) is 1.82. The van der Waals surface area contributed by atoms with Crippen LogP contribution in [-0.4, -0.2) is 73.1 Å². The van der Waals surface area contributed by atoms with Gasteiger partial charge in [0.05, 0.1) is 0 Å². The number of urea groups is 1. The van der Waals surface area contributed by atoms with Gasteiger partial charge in [0.25, 0.3) is 0 Å². The first kappa shape index (κ1) is 24.1. The van der Waals surface area contributed by atoms with E-state index in [4.69, 9.17) is 0 Å². The number of piperazine rings is 1. The molecule has 2 saturated heterocycles. The molecule has 2 aliphatic rings. The van der Waals surface area contributed by atoms with E-state index >= 15 is 0 Å². The number of anilines is 2. The Kier molecular flexibility index (Phi) is 8.95. The van der Waals surface area contributed by atoms with Crippen molar-refractivity contribution >= 4 is 47.5 Å². The van der Waals surface area contributed by atoms with Gasteiger partial charge in [-0.2, -0.15) is 0 Å². The maximum atomic E-state index is 12.3. The number of nitrogens with one attached hydrogen (secondary N) is 2. The number of guanidine groups is 1. The van der Waals surface area contributed by atoms with Gasteiger partial charge >= 0.3 is 6.03 Å². The Morgan fingerprint density at radius 1 is 1.00 bits per heavy atom. The highest BCUT2D eigenvalue weighted by Gasteiger charge is 2.20. The standard InChI is InChI=1S/C23H31N7O.HI/c1-24-22(29-15-13-28(14-16-29)21-9-2-3-10-25-21)26-18-19-7-6-8-20(17-19)27-23(31)30-11-4-5-12-30;/h2-3,6-10,17H,4-5,11-16,18H2,1H3,(H,24,26)(H,27,31);1H. The normalized spacial score (nSPS) is 16.5. The van der Waals surface area contributed by atoms with Crippen molar-refractivity contribution in [3.05, 3.63) is 54.2 Å². The molecule has 1 aromatic heterocycles. The van der Waals surface area contributed by atoms with Gasteiger partial charge in [0, 0.05) is 64.7 Å². The number of rotatable bonds is 4. The van der Waals surface area contributed by atoms with Crippen molar-refractivity contribution in [2.24, 2.45) is 4.99 Å². The number of benzene rings is 1. The molecular formula is C23H32IN7O. The molecule has 2 aromatic rings. The van der Waals surface area contributed by atoms with Crippen molar-refractivity contribution in [3.63, 3.8) is 0 Å². The number of carbonyl (C=O) groups excluding carboxylic acids is 1. The Balaban J connectivity index is 0.00000289. The quantitative estimate of drug-likeness (QED) is 0.348. The van der Waals surface area contributed by atoms with Crippen LogP contribution in [0.5, 0.6) is 0 Å². The fraction of sp³-hybridized carbons (Fsp3) is 0.435. The lowest BCUT2D eigenvalue weighted by Gasteiger charge is -2.37. The molecule has 2 amide bonds. The van der Waals surface area contributed by atoms with Crippen LogP contribution < -0.4 is 15.5 Å². The lowest BCUT2D eigenvalue weighted by Crippen LogP contribution is -2.52. The first-order valence-electron chi connectivity index (χ1n) is 11.0. The molecule has 0 radical (unpaired) electrons. The summed E-state index contributed by atoms with van der Waals surface area (Å²) in [5, 5.41) is 6.48. The van der Waals surface area contributed by atoms with Crippen LogP contribution in [-0.2, 0) is 6.54 Å². The third-order valence-corrected chi connectivity index (χ3v) is 5.79. The lowest BCUT2D eigenvalue weighted by molar-refractivity contribution is 0.222. The summed E-state index contributed by atoms with van der Waals surface area (Å²) in [5.41, 5.74) is 1.93. The highest BCUT2D eigenvalue weighted by Crippen LogP contribution is 2.15. The van der Waals surface area contributed by atoms with Gasteiger partial charge in [-0.1, -0.05) is 18.2 Å². The molecule has 172 valence electrons. The molecule has 2 N–H and O–H groups in total. The summed E-state index contributed by atoms with van der Waals surface area (Å²) in [4.78, 5) is 27.7. The molecule has 1 aromatic carbocycles. The van der Waals surface area contributed by atoms with E-state index in [2.05, 4.69) is 42.5 Å². The number of pyridine rings is 1. The van der Waals surface area contributed by atoms with Gasteiger partial charge in [-0.05, 0) is 42.7 Å². The van der Waals surface area contributed by atoms with Crippen LogP contribution in [0.1, 0.15) is 18.4 Å². The van der Waals surface area contributed by atoms with Crippen LogP contribution >= 0.6 is 24.0 Å². The average Bonchev–Trinajstić information content (AvgIpc) is 3.36. The molecule has 0 saturated carbocycles. The van der Waals surface area contributed by atoms with E-state index in [1.165, 1.54) is 0 Å². The van der Waals surface area contributed by atoms with Gasteiger partial charge in [-0.15, -0.1) is 24.0 Å². The number of aromatic nitrogens is 1. The van der Waals surface area contributed by atoms with Crippen molar-refractivity contribution in [2.45, 2.75) is 19.4 Å². The topological polar surface area (TPSA) is 76.1 Å². The number of hydrogen-bond acceptors (Lipinski definition) is 4. The Hall–Kier alpha value is -2.56. The Bertz CT molecular complexity index is 894. The summed E-state index contributed by atoms with van der Waals surface area (Å²) in [6.45, 7) is 5.95. The van der Waals surface area contributed by atoms with E-state index in [0.717, 1.165) is 75.1 Å². The number of aliphatic imine (C=N–C) groups is 1. The molecule has 4 rings (SSSR count). The van der Waals surface area contributed by atoms with E-state index in [1.54, 1.807) is 0 Å². The molecular weight excluding hydrogens is 517 g/mol. The zero-order valence-electron chi connectivity index (χ0n) is 18.5. The van der Waals surface area contributed by atoms with Crippen LogP contribution in [0.25, 0.3) is 0 Å². The molecule has 0 aliphatic carbocycles. The van der Waals surface area contributed by atoms with E-state index in [1.807, 2.05) is 48.5 Å². The minimum absolute atomic E-state index is 0. The summed E-state index contributed by atoms with van der Waals surface area (Å²) >= 11 is 0. The summed E-state index contributed by atoms with van der Waals surface area (Å²) in [5.74, 6) is 1.92. The van der Waals surface area contributed by atoms with Gasteiger partial charge in [0.15, 0.2) is 5.96 Å². The summed E-state index contributed by atoms with van der Waals surface area (Å²) in [6, 6.07) is 14.0. The predicted molar refractivity (Wildman–Crippen MR) is 140 cm³/mol. The predicted octanol–water partition coefficient (Wildman–Crippen LogP) is 3.22.